The summed E-state index contributed by atoms with van der Waals surface area (Å²) in [7, 11) is 1.63. The number of rotatable bonds is 4. The van der Waals surface area contributed by atoms with Gasteiger partial charge in [-0.2, -0.15) is 0 Å². The summed E-state index contributed by atoms with van der Waals surface area (Å²) >= 11 is 0. The fraction of sp³-hybridized carbons (Fsp3) is 1.00. The van der Waals surface area contributed by atoms with E-state index in [1.54, 1.807) is 7.11 Å². The van der Waals surface area contributed by atoms with Crippen LogP contribution in [0.3, 0.4) is 0 Å². The molecule has 0 aromatic carbocycles. The molecule has 0 amide bonds. The average Bonchev–Trinajstić information content (AvgIpc) is 1.82. The topological polar surface area (TPSA) is 18.5 Å². The Labute approximate surface area is 57.2 Å². The van der Waals surface area contributed by atoms with E-state index in [0.717, 1.165) is 0 Å². The summed E-state index contributed by atoms with van der Waals surface area (Å²) in [6.45, 7) is 6.70. The Morgan fingerprint density at radius 1 is 1.22 bits per heavy atom. The molecule has 0 spiro atoms. The normalized spacial score (nSPS) is 14.3. The molecule has 2 heteroatoms. The predicted octanol–water partition coefficient (Wildman–Crippen LogP) is 1.65. The molecule has 1 unspecified atom stereocenters. The molecule has 0 fully saturated rings. The van der Waals surface area contributed by atoms with Crippen LogP contribution in [0.1, 0.15) is 20.8 Å². The van der Waals surface area contributed by atoms with Gasteiger partial charge in [-0.15, -0.1) is 0 Å². The van der Waals surface area contributed by atoms with E-state index in [2.05, 4.69) is 13.8 Å². The third-order valence-electron chi connectivity index (χ3n) is 1.39. The molecule has 0 rings (SSSR count). The summed E-state index contributed by atoms with van der Waals surface area (Å²) in [5.74, 6) is 0.570. The van der Waals surface area contributed by atoms with Crippen molar-refractivity contribution in [2.45, 2.75) is 26.9 Å². The lowest BCUT2D eigenvalue weighted by atomic mass is 10.1. The van der Waals surface area contributed by atoms with Crippen molar-refractivity contribution in [1.29, 1.82) is 0 Å². The van der Waals surface area contributed by atoms with Gasteiger partial charge in [-0.25, -0.2) is 0 Å². The minimum absolute atomic E-state index is 0.296. The molecule has 2 nitrogen and oxygen atoms in total. The fourth-order valence-corrected chi connectivity index (χ4v) is 0.368. The van der Waals surface area contributed by atoms with Crippen LogP contribution in [0.15, 0.2) is 0 Å². The maximum absolute atomic E-state index is 5.23. The Bertz CT molecular complexity index is 61.9. The van der Waals surface area contributed by atoms with Crippen molar-refractivity contribution in [3.8, 4) is 0 Å². The molecule has 0 saturated carbocycles. The lowest BCUT2D eigenvalue weighted by molar-refractivity contribution is -0.0792. The quantitative estimate of drug-likeness (QED) is 0.541. The lowest BCUT2D eigenvalue weighted by Crippen LogP contribution is -2.16. The zero-order valence-electron chi connectivity index (χ0n) is 6.68. The zero-order valence-corrected chi connectivity index (χ0v) is 6.68. The van der Waals surface area contributed by atoms with E-state index >= 15 is 0 Å². The molecule has 0 radical (unpaired) electrons. The van der Waals surface area contributed by atoms with Gasteiger partial charge >= 0.3 is 0 Å². The van der Waals surface area contributed by atoms with Gasteiger partial charge < -0.3 is 9.47 Å². The highest BCUT2D eigenvalue weighted by molar-refractivity contribution is 4.52. The molecule has 0 heterocycles. The molecule has 0 aliphatic carbocycles. The van der Waals surface area contributed by atoms with Gasteiger partial charge in [-0.3, -0.25) is 0 Å². The van der Waals surface area contributed by atoms with Crippen LogP contribution in [0.2, 0.25) is 0 Å². The number of methoxy groups -OCH3 is 1. The summed E-state index contributed by atoms with van der Waals surface area (Å²) in [5, 5.41) is 0. The zero-order chi connectivity index (χ0) is 7.28. The van der Waals surface area contributed by atoms with Gasteiger partial charge in [-0.1, -0.05) is 13.8 Å². The van der Waals surface area contributed by atoms with E-state index in [1.165, 1.54) is 0 Å². The Morgan fingerprint density at radius 2 is 1.78 bits per heavy atom. The summed E-state index contributed by atoms with van der Waals surface area (Å²) < 4.78 is 9.97. The van der Waals surface area contributed by atoms with Crippen LogP contribution in [0.25, 0.3) is 0 Å². The third kappa shape index (κ3) is 4.43. The molecule has 0 aromatic heterocycles. The molecule has 56 valence electrons. The van der Waals surface area contributed by atoms with Crippen molar-refractivity contribution in [1.82, 2.24) is 0 Å². The summed E-state index contributed by atoms with van der Waals surface area (Å²) in [6, 6.07) is 0. The molecule has 0 aliphatic heterocycles. The molecule has 0 N–H and O–H groups in total. The van der Waals surface area contributed by atoms with Crippen molar-refractivity contribution >= 4 is 0 Å². The van der Waals surface area contributed by atoms with Crippen molar-refractivity contribution in [2.24, 2.45) is 5.92 Å². The van der Waals surface area contributed by atoms with Gasteiger partial charge in [0.15, 0.2) is 0 Å². The minimum Gasteiger partial charge on any atom is -0.359 e. The molecule has 9 heavy (non-hydrogen) atoms. The first-order chi connectivity index (χ1) is 4.18. The van der Waals surface area contributed by atoms with Crippen molar-refractivity contribution in [2.75, 3.05) is 13.9 Å². The van der Waals surface area contributed by atoms with Crippen LogP contribution in [0, 0.1) is 5.92 Å². The second-order valence-electron chi connectivity index (χ2n) is 2.52. The Kier molecular flexibility index (Phi) is 4.72. The summed E-state index contributed by atoms with van der Waals surface area (Å²) in [6.07, 6.45) is 0.296. The highest BCUT2D eigenvalue weighted by Crippen LogP contribution is 2.03. The second kappa shape index (κ2) is 4.77. The highest BCUT2D eigenvalue weighted by atomic mass is 16.7. The first kappa shape index (κ1) is 8.92. The van der Waals surface area contributed by atoms with Gasteiger partial charge in [0, 0.05) is 7.11 Å². The van der Waals surface area contributed by atoms with Crippen LogP contribution in [0.4, 0.5) is 0 Å². The van der Waals surface area contributed by atoms with Gasteiger partial charge in [0.1, 0.15) is 6.79 Å². The van der Waals surface area contributed by atoms with Gasteiger partial charge in [0.25, 0.3) is 0 Å². The number of ether oxygens (including phenoxy) is 2. The lowest BCUT2D eigenvalue weighted by Gasteiger charge is -2.14. The Morgan fingerprint density at radius 3 is 2.11 bits per heavy atom. The standard InChI is InChI=1S/C7H16O2/c1-6(2)7(3)9-5-8-4/h6-7H,5H2,1-4H3. The average molecular weight is 132 g/mol. The highest BCUT2D eigenvalue weighted by Gasteiger charge is 2.05. The molecule has 0 aliphatic rings. The largest absolute Gasteiger partial charge is 0.359 e. The number of hydrogen-bond acceptors (Lipinski definition) is 2. The molecule has 1 atom stereocenters. The van der Waals surface area contributed by atoms with Crippen LogP contribution in [-0.4, -0.2) is 20.0 Å². The number of hydrogen-bond donors (Lipinski definition) is 0. The predicted molar refractivity (Wildman–Crippen MR) is 37.3 cm³/mol. The van der Waals surface area contributed by atoms with Crippen molar-refractivity contribution in [3.05, 3.63) is 0 Å². The van der Waals surface area contributed by atoms with E-state index in [0.29, 0.717) is 18.8 Å². The smallest absolute Gasteiger partial charge is 0.146 e. The Balaban J connectivity index is 3.16. The fourth-order valence-electron chi connectivity index (χ4n) is 0.368. The van der Waals surface area contributed by atoms with E-state index in [4.69, 9.17) is 9.47 Å². The van der Waals surface area contributed by atoms with Crippen LogP contribution in [-0.2, 0) is 9.47 Å². The molecule has 0 saturated heterocycles. The first-order valence-electron chi connectivity index (χ1n) is 3.29. The van der Waals surface area contributed by atoms with E-state index in [-0.39, 0.29) is 0 Å². The second-order valence-corrected chi connectivity index (χ2v) is 2.52. The van der Waals surface area contributed by atoms with Crippen LogP contribution >= 0.6 is 0 Å². The van der Waals surface area contributed by atoms with Gasteiger partial charge in [-0.05, 0) is 12.8 Å². The van der Waals surface area contributed by atoms with E-state index < -0.39 is 0 Å². The molecule has 0 aromatic rings. The maximum atomic E-state index is 5.23. The first-order valence-corrected chi connectivity index (χ1v) is 3.29. The minimum atomic E-state index is 0.296. The maximum Gasteiger partial charge on any atom is 0.146 e. The summed E-state index contributed by atoms with van der Waals surface area (Å²) in [5.41, 5.74) is 0. The summed E-state index contributed by atoms with van der Waals surface area (Å²) in [4.78, 5) is 0. The Hall–Kier alpha value is -0.0800. The van der Waals surface area contributed by atoms with Gasteiger partial charge in [0.05, 0.1) is 6.10 Å². The van der Waals surface area contributed by atoms with Crippen LogP contribution in [0.5, 0.6) is 0 Å². The van der Waals surface area contributed by atoms with E-state index in [9.17, 15) is 0 Å². The molecule has 0 bridgehead atoms. The molecular weight excluding hydrogens is 116 g/mol. The van der Waals surface area contributed by atoms with Gasteiger partial charge in [0.2, 0.25) is 0 Å². The van der Waals surface area contributed by atoms with Crippen molar-refractivity contribution < 1.29 is 9.47 Å². The monoisotopic (exact) mass is 132 g/mol. The SMILES string of the molecule is COCOC(C)C(C)C. The molecular formula is C7H16O2. The van der Waals surface area contributed by atoms with E-state index in [1.807, 2.05) is 6.92 Å². The van der Waals surface area contributed by atoms with Crippen molar-refractivity contribution in [3.63, 3.8) is 0 Å². The third-order valence-corrected chi connectivity index (χ3v) is 1.39. The van der Waals surface area contributed by atoms with Crippen LogP contribution < -0.4 is 0 Å².